The minimum Gasteiger partial charge on any atom is -0.468 e. The van der Waals surface area contributed by atoms with Gasteiger partial charge in [0.1, 0.15) is 11.5 Å². The summed E-state index contributed by atoms with van der Waals surface area (Å²) in [6, 6.07) is 12.3. The van der Waals surface area contributed by atoms with Gasteiger partial charge in [-0.15, -0.1) is 0 Å². The average Bonchev–Trinajstić information content (AvgIpc) is 2.59. The molecule has 0 heterocycles. The summed E-state index contributed by atoms with van der Waals surface area (Å²) in [5.41, 5.74) is 0. The van der Waals surface area contributed by atoms with Gasteiger partial charge in [0, 0.05) is 14.2 Å². The first-order valence-electron chi connectivity index (χ1n) is 6.76. The molecule has 0 bridgehead atoms. The number of methoxy groups -OCH3 is 2. The first-order chi connectivity index (χ1) is 11.1. The number of sulfone groups is 1. The van der Waals surface area contributed by atoms with Crippen molar-refractivity contribution in [1.29, 1.82) is 0 Å². The number of hydrogen-bond acceptors (Lipinski definition) is 6. The van der Waals surface area contributed by atoms with Crippen LogP contribution in [0.25, 0.3) is 0 Å². The van der Waals surface area contributed by atoms with Crippen molar-refractivity contribution >= 4 is 9.84 Å². The van der Waals surface area contributed by atoms with Crippen LogP contribution in [-0.2, 0) is 19.3 Å². The molecule has 0 unspecified atom stereocenters. The number of ether oxygens (including phenoxy) is 4. The average molecular weight is 338 g/mol. The molecule has 0 fully saturated rings. The first-order valence-corrected chi connectivity index (χ1v) is 8.25. The molecule has 2 rings (SSSR count). The third-order valence-corrected chi connectivity index (χ3v) is 4.74. The Hall–Kier alpha value is -2.09. The zero-order chi connectivity index (χ0) is 16.7. The van der Waals surface area contributed by atoms with E-state index >= 15 is 0 Å². The standard InChI is InChI=1S/C16H18O6S/c1-19-11-21-13-3-7-15(8-4-13)23(17,18)16-9-5-14(6-10-16)22-12-20-2/h3-10H,11-12H2,1-2H3. The van der Waals surface area contributed by atoms with Gasteiger partial charge < -0.3 is 18.9 Å². The molecule has 0 atom stereocenters. The second-order valence-corrected chi connectivity index (χ2v) is 6.50. The molecule has 0 aliphatic heterocycles. The van der Waals surface area contributed by atoms with Crippen LogP contribution >= 0.6 is 0 Å². The SMILES string of the molecule is COCOc1ccc(S(=O)(=O)c2ccc(OCOC)cc2)cc1. The van der Waals surface area contributed by atoms with Crippen molar-refractivity contribution in [3.8, 4) is 11.5 Å². The van der Waals surface area contributed by atoms with Crippen molar-refractivity contribution in [3.63, 3.8) is 0 Å². The highest BCUT2D eigenvalue weighted by atomic mass is 32.2. The van der Waals surface area contributed by atoms with Crippen LogP contribution in [0.5, 0.6) is 11.5 Å². The van der Waals surface area contributed by atoms with E-state index < -0.39 is 9.84 Å². The Morgan fingerprint density at radius 3 is 1.35 bits per heavy atom. The number of rotatable bonds is 8. The van der Waals surface area contributed by atoms with Crippen LogP contribution in [0.15, 0.2) is 58.3 Å². The number of hydrogen-bond donors (Lipinski definition) is 0. The maximum Gasteiger partial charge on any atom is 0.206 e. The fourth-order valence-electron chi connectivity index (χ4n) is 1.82. The molecule has 0 saturated carbocycles. The summed E-state index contributed by atoms with van der Waals surface area (Å²) in [6.07, 6.45) is 0. The monoisotopic (exact) mass is 338 g/mol. The summed E-state index contributed by atoms with van der Waals surface area (Å²) in [6.45, 7) is 0.212. The molecule has 0 aliphatic carbocycles. The molecule has 0 N–H and O–H groups in total. The van der Waals surface area contributed by atoms with Gasteiger partial charge in [0.05, 0.1) is 9.79 Å². The Labute approximate surface area is 135 Å². The molecule has 0 aromatic heterocycles. The molecular weight excluding hydrogens is 320 g/mol. The summed E-state index contributed by atoms with van der Waals surface area (Å²) in [5, 5.41) is 0. The molecule has 124 valence electrons. The van der Waals surface area contributed by atoms with Gasteiger partial charge in [0.2, 0.25) is 9.84 Å². The van der Waals surface area contributed by atoms with Gasteiger partial charge in [-0.3, -0.25) is 0 Å². The molecule has 0 aliphatic rings. The molecule has 2 aromatic rings. The Kier molecular flexibility index (Phi) is 5.97. The van der Waals surface area contributed by atoms with E-state index in [2.05, 4.69) is 0 Å². The minimum absolute atomic E-state index is 0.106. The molecular formula is C16H18O6S. The highest BCUT2D eigenvalue weighted by Crippen LogP contribution is 2.24. The Balaban J connectivity index is 2.17. The van der Waals surface area contributed by atoms with Gasteiger partial charge >= 0.3 is 0 Å². The van der Waals surface area contributed by atoms with Crippen molar-refractivity contribution in [2.45, 2.75) is 9.79 Å². The molecule has 0 saturated heterocycles. The van der Waals surface area contributed by atoms with Crippen LogP contribution < -0.4 is 9.47 Å². The van der Waals surface area contributed by atoms with E-state index in [1.165, 1.54) is 38.5 Å². The van der Waals surface area contributed by atoms with Gasteiger partial charge in [-0.1, -0.05) is 0 Å². The van der Waals surface area contributed by atoms with Gasteiger partial charge in [-0.2, -0.15) is 0 Å². The Bertz CT molecular complexity index is 650. The fourth-order valence-corrected chi connectivity index (χ4v) is 3.08. The summed E-state index contributed by atoms with van der Waals surface area (Å²) < 4.78 is 45.2. The van der Waals surface area contributed by atoms with Gasteiger partial charge in [-0.25, -0.2) is 8.42 Å². The maximum atomic E-state index is 12.6. The van der Waals surface area contributed by atoms with E-state index in [0.717, 1.165) is 0 Å². The third-order valence-electron chi connectivity index (χ3n) is 2.95. The highest BCUT2D eigenvalue weighted by Gasteiger charge is 2.17. The van der Waals surface area contributed by atoms with Crippen LogP contribution in [0, 0.1) is 0 Å². The zero-order valence-corrected chi connectivity index (χ0v) is 13.7. The van der Waals surface area contributed by atoms with Gasteiger partial charge in [0.15, 0.2) is 13.6 Å². The second-order valence-electron chi connectivity index (χ2n) is 4.55. The predicted octanol–water partition coefficient (Wildman–Crippen LogP) is 2.48. The smallest absolute Gasteiger partial charge is 0.206 e. The van der Waals surface area contributed by atoms with Crippen LogP contribution in [0.2, 0.25) is 0 Å². The maximum absolute atomic E-state index is 12.6. The van der Waals surface area contributed by atoms with Crippen LogP contribution in [0.3, 0.4) is 0 Å². The normalized spacial score (nSPS) is 11.2. The minimum atomic E-state index is -3.59. The molecule has 0 amide bonds. The lowest BCUT2D eigenvalue weighted by molar-refractivity contribution is 0.0509. The van der Waals surface area contributed by atoms with E-state index in [4.69, 9.17) is 18.9 Å². The topological polar surface area (TPSA) is 71.1 Å². The molecule has 7 heteroatoms. The van der Waals surface area contributed by atoms with Crippen LogP contribution in [0.1, 0.15) is 0 Å². The molecule has 23 heavy (non-hydrogen) atoms. The number of benzene rings is 2. The van der Waals surface area contributed by atoms with Gasteiger partial charge in [-0.05, 0) is 48.5 Å². The van der Waals surface area contributed by atoms with E-state index in [1.54, 1.807) is 24.3 Å². The molecule has 0 spiro atoms. The summed E-state index contributed by atoms with van der Waals surface area (Å²) in [7, 11) is -0.562. The second kappa shape index (κ2) is 7.96. The van der Waals surface area contributed by atoms with Crippen LogP contribution in [0.4, 0.5) is 0 Å². The Morgan fingerprint density at radius 2 is 1.04 bits per heavy atom. The van der Waals surface area contributed by atoms with Crippen molar-refractivity contribution in [1.82, 2.24) is 0 Å². The van der Waals surface area contributed by atoms with Crippen molar-refractivity contribution in [2.24, 2.45) is 0 Å². The largest absolute Gasteiger partial charge is 0.468 e. The summed E-state index contributed by atoms with van der Waals surface area (Å²) in [4.78, 5) is 0.376. The highest BCUT2D eigenvalue weighted by molar-refractivity contribution is 7.91. The van der Waals surface area contributed by atoms with Crippen molar-refractivity contribution < 1.29 is 27.4 Å². The summed E-state index contributed by atoms with van der Waals surface area (Å²) in [5.74, 6) is 1.07. The van der Waals surface area contributed by atoms with E-state index in [-0.39, 0.29) is 23.4 Å². The lowest BCUT2D eigenvalue weighted by atomic mass is 10.3. The van der Waals surface area contributed by atoms with E-state index in [9.17, 15) is 8.42 Å². The fraction of sp³-hybridized carbons (Fsp3) is 0.250. The van der Waals surface area contributed by atoms with Crippen LogP contribution in [-0.4, -0.2) is 36.2 Å². The zero-order valence-electron chi connectivity index (χ0n) is 12.9. The van der Waals surface area contributed by atoms with Crippen molar-refractivity contribution in [2.75, 3.05) is 27.8 Å². The van der Waals surface area contributed by atoms with E-state index in [0.29, 0.717) is 11.5 Å². The molecule has 0 radical (unpaired) electrons. The lowest BCUT2D eigenvalue weighted by Crippen LogP contribution is -2.03. The third kappa shape index (κ3) is 4.44. The summed E-state index contributed by atoms with van der Waals surface area (Å²) >= 11 is 0. The molecule has 2 aromatic carbocycles. The quantitative estimate of drug-likeness (QED) is 0.689. The molecule has 6 nitrogen and oxygen atoms in total. The van der Waals surface area contributed by atoms with E-state index in [1.807, 2.05) is 0 Å². The van der Waals surface area contributed by atoms with Crippen molar-refractivity contribution in [3.05, 3.63) is 48.5 Å². The first kappa shape index (κ1) is 17.3. The van der Waals surface area contributed by atoms with Gasteiger partial charge in [0.25, 0.3) is 0 Å². The Morgan fingerprint density at radius 1 is 0.696 bits per heavy atom. The lowest BCUT2D eigenvalue weighted by Gasteiger charge is -2.08. The predicted molar refractivity (Wildman–Crippen MR) is 83.3 cm³/mol.